The molecule has 2 saturated heterocycles. The summed E-state index contributed by atoms with van der Waals surface area (Å²) < 4.78 is 28.8. The molecule has 32 heavy (non-hydrogen) atoms. The molecule has 0 spiro atoms. The Morgan fingerprint density at radius 2 is 0.844 bits per heavy atom. The average molecular weight is 434 g/mol. The molecule has 2 aromatic rings. The first-order valence-corrected chi connectivity index (χ1v) is 10.3. The van der Waals surface area contributed by atoms with E-state index in [0.29, 0.717) is 0 Å². The standard InChI is InChI=1S/C24H16F2N2O4/c25-13-5-1-3-7-15(13)27-21(29)17-11-9-10-12(18(17)22(27)30)20-19(11)23(31)28(24(20)32)16-8-4-2-6-14(16)26/h1-12,17-20H/t11?,12?,17-,18+,19-,20+. The molecule has 2 aliphatic heterocycles. The van der Waals surface area contributed by atoms with E-state index in [2.05, 4.69) is 0 Å². The highest BCUT2D eigenvalue weighted by Crippen LogP contribution is 2.58. The van der Waals surface area contributed by atoms with Crippen molar-refractivity contribution in [1.29, 1.82) is 0 Å². The summed E-state index contributed by atoms with van der Waals surface area (Å²) in [5.74, 6) is -8.57. The van der Waals surface area contributed by atoms with E-state index in [4.69, 9.17) is 0 Å². The maximum atomic E-state index is 14.4. The van der Waals surface area contributed by atoms with Gasteiger partial charge in [-0.1, -0.05) is 36.4 Å². The third-order valence-corrected chi connectivity index (χ3v) is 7.20. The van der Waals surface area contributed by atoms with Crippen LogP contribution in [-0.4, -0.2) is 23.6 Å². The van der Waals surface area contributed by atoms with Crippen LogP contribution in [0.3, 0.4) is 0 Å². The molecule has 2 bridgehead atoms. The van der Waals surface area contributed by atoms with Crippen molar-refractivity contribution in [3.63, 3.8) is 0 Å². The highest BCUT2D eigenvalue weighted by molar-refractivity contribution is 6.26. The summed E-state index contributed by atoms with van der Waals surface area (Å²) in [5, 5.41) is 0. The first-order valence-electron chi connectivity index (χ1n) is 10.3. The first kappa shape index (κ1) is 19.0. The maximum absolute atomic E-state index is 14.4. The number of imide groups is 2. The Hall–Kier alpha value is -3.68. The zero-order chi connectivity index (χ0) is 22.3. The molecule has 160 valence electrons. The Bertz CT molecular complexity index is 1120. The van der Waals surface area contributed by atoms with Crippen LogP contribution >= 0.6 is 0 Å². The van der Waals surface area contributed by atoms with Gasteiger partial charge >= 0.3 is 0 Å². The Kier molecular flexibility index (Phi) is 3.82. The quantitative estimate of drug-likeness (QED) is 0.538. The number of carbonyl (C=O) groups excluding carboxylic acids is 4. The minimum atomic E-state index is -0.865. The minimum Gasteiger partial charge on any atom is -0.274 e. The molecule has 8 heteroatoms. The number of anilines is 2. The summed E-state index contributed by atoms with van der Waals surface area (Å²) in [4.78, 5) is 54.9. The Morgan fingerprint density at radius 3 is 1.16 bits per heavy atom. The average Bonchev–Trinajstić information content (AvgIpc) is 3.22. The largest absolute Gasteiger partial charge is 0.274 e. The summed E-state index contributed by atoms with van der Waals surface area (Å²) in [5.41, 5.74) is -0.265. The van der Waals surface area contributed by atoms with Gasteiger partial charge in [0.25, 0.3) is 0 Å². The van der Waals surface area contributed by atoms with Gasteiger partial charge in [0.1, 0.15) is 11.6 Å². The molecule has 3 fully saturated rings. The lowest BCUT2D eigenvalue weighted by Crippen LogP contribution is -2.50. The predicted molar refractivity (Wildman–Crippen MR) is 108 cm³/mol. The van der Waals surface area contributed by atoms with E-state index in [1.165, 1.54) is 48.5 Å². The monoisotopic (exact) mass is 434 g/mol. The molecule has 0 radical (unpaired) electrons. The minimum absolute atomic E-state index is 0.132. The van der Waals surface area contributed by atoms with E-state index in [9.17, 15) is 28.0 Å². The molecule has 2 heterocycles. The number of benzene rings is 2. The van der Waals surface area contributed by atoms with Crippen molar-refractivity contribution in [1.82, 2.24) is 0 Å². The molecular weight excluding hydrogens is 418 g/mol. The van der Waals surface area contributed by atoms with Gasteiger partial charge < -0.3 is 0 Å². The Balaban J connectivity index is 1.43. The van der Waals surface area contributed by atoms with E-state index in [1.54, 1.807) is 12.2 Å². The van der Waals surface area contributed by atoms with E-state index >= 15 is 0 Å². The lowest BCUT2D eigenvalue weighted by Gasteiger charge is -2.44. The van der Waals surface area contributed by atoms with Gasteiger partial charge in [0.15, 0.2) is 0 Å². The van der Waals surface area contributed by atoms with Crippen LogP contribution in [-0.2, 0) is 19.2 Å². The molecular formula is C24H16F2N2O4. The molecule has 4 atom stereocenters. The van der Waals surface area contributed by atoms with Gasteiger partial charge in [-0.25, -0.2) is 18.6 Å². The Labute approximate surface area is 181 Å². The zero-order valence-corrected chi connectivity index (χ0v) is 16.5. The van der Waals surface area contributed by atoms with Crippen molar-refractivity contribution >= 4 is 35.0 Å². The number of allylic oxidation sites excluding steroid dienone is 2. The SMILES string of the molecule is O=C1[C@@H]2C3C=CC([C@@H]2C(=O)N1c1ccccc1F)[C@@H]1C(=O)N(c2ccccc2F)C(=O)[C@H]31. The molecule has 5 aliphatic rings. The lowest BCUT2D eigenvalue weighted by molar-refractivity contribution is -0.137. The van der Waals surface area contributed by atoms with Crippen molar-refractivity contribution in [3.05, 3.63) is 72.3 Å². The van der Waals surface area contributed by atoms with Gasteiger partial charge in [0.2, 0.25) is 23.6 Å². The molecule has 1 saturated carbocycles. The van der Waals surface area contributed by atoms with Crippen LogP contribution in [0.15, 0.2) is 60.7 Å². The van der Waals surface area contributed by atoms with Gasteiger partial charge in [-0.05, 0) is 24.3 Å². The highest BCUT2D eigenvalue weighted by atomic mass is 19.1. The van der Waals surface area contributed by atoms with Gasteiger partial charge in [-0.15, -0.1) is 0 Å². The molecule has 7 rings (SSSR count). The van der Waals surface area contributed by atoms with Crippen LogP contribution in [0.25, 0.3) is 0 Å². The van der Waals surface area contributed by atoms with Crippen molar-refractivity contribution in [2.45, 2.75) is 0 Å². The summed E-state index contributed by atoms with van der Waals surface area (Å²) in [7, 11) is 0. The van der Waals surface area contributed by atoms with Crippen LogP contribution in [0.1, 0.15) is 0 Å². The number of hydrogen-bond acceptors (Lipinski definition) is 4. The van der Waals surface area contributed by atoms with Crippen LogP contribution in [0.2, 0.25) is 0 Å². The zero-order valence-electron chi connectivity index (χ0n) is 16.5. The fourth-order valence-electron chi connectivity index (χ4n) is 5.97. The maximum Gasteiger partial charge on any atom is 0.238 e. The number of halogens is 2. The van der Waals surface area contributed by atoms with Gasteiger partial charge in [-0.3, -0.25) is 19.2 Å². The van der Waals surface area contributed by atoms with Gasteiger partial charge in [-0.2, -0.15) is 0 Å². The number of carbonyl (C=O) groups is 4. The molecule has 0 unspecified atom stereocenters. The van der Waals surface area contributed by atoms with E-state index < -0.39 is 70.8 Å². The van der Waals surface area contributed by atoms with Crippen LogP contribution in [0.5, 0.6) is 0 Å². The second kappa shape index (κ2) is 6.41. The summed E-state index contributed by atoms with van der Waals surface area (Å²) in [6.07, 6.45) is 3.41. The number of amides is 4. The number of hydrogen-bond donors (Lipinski definition) is 0. The first-order chi connectivity index (χ1) is 15.4. The summed E-state index contributed by atoms with van der Waals surface area (Å²) in [6.45, 7) is 0. The second-order valence-electron chi connectivity index (χ2n) is 8.57. The van der Waals surface area contributed by atoms with E-state index in [0.717, 1.165) is 9.80 Å². The van der Waals surface area contributed by atoms with Crippen molar-refractivity contribution in [2.75, 3.05) is 9.80 Å². The second-order valence-corrected chi connectivity index (χ2v) is 8.57. The number of nitrogens with zero attached hydrogens (tertiary/aromatic N) is 2. The number of para-hydroxylation sites is 2. The predicted octanol–water partition coefficient (Wildman–Crippen LogP) is 2.69. The molecule has 4 amide bonds. The molecule has 2 aromatic carbocycles. The van der Waals surface area contributed by atoms with Crippen molar-refractivity contribution in [3.8, 4) is 0 Å². The van der Waals surface area contributed by atoms with Crippen LogP contribution < -0.4 is 9.80 Å². The third kappa shape index (κ3) is 2.21. The van der Waals surface area contributed by atoms with E-state index in [1.807, 2.05) is 0 Å². The van der Waals surface area contributed by atoms with Gasteiger partial charge in [0, 0.05) is 11.8 Å². The molecule has 0 aromatic heterocycles. The van der Waals surface area contributed by atoms with Crippen molar-refractivity contribution in [2.24, 2.45) is 35.5 Å². The number of rotatable bonds is 2. The topological polar surface area (TPSA) is 74.8 Å². The Morgan fingerprint density at radius 1 is 0.531 bits per heavy atom. The smallest absolute Gasteiger partial charge is 0.238 e. The van der Waals surface area contributed by atoms with Crippen LogP contribution in [0.4, 0.5) is 20.2 Å². The fraction of sp³-hybridized carbons (Fsp3) is 0.250. The fourth-order valence-corrected chi connectivity index (χ4v) is 5.97. The van der Waals surface area contributed by atoms with Gasteiger partial charge in [0.05, 0.1) is 35.0 Å². The van der Waals surface area contributed by atoms with Crippen molar-refractivity contribution < 1.29 is 28.0 Å². The van der Waals surface area contributed by atoms with E-state index in [-0.39, 0.29) is 11.4 Å². The third-order valence-electron chi connectivity index (χ3n) is 7.20. The van der Waals surface area contributed by atoms with Crippen LogP contribution in [0, 0.1) is 47.1 Å². The molecule has 3 aliphatic carbocycles. The summed E-state index contributed by atoms with van der Waals surface area (Å²) in [6, 6.07) is 11.0. The molecule has 6 nitrogen and oxygen atoms in total. The lowest BCUT2D eigenvalue weighted by atomic mass is 9.54. The normalized spacial score (nSPS) is 32.7. The summed E-state index contributed by atoms with van der Waals surface area (Å²) >= 11 is 0. The molecule has 0 N–H and O–H groups in total. The highest BCUT2D eigenvalue weighted by Gasteiger charge is 2.69.